The summed E-state index contributed by atoms with van der Waals surface area (Å²) in [6.07, 6.45) is 1.53. The molecular weight excluding hydrogens is 276 g/mol. The highest BCUT2D eigenvalue weighted by Gasteiger charge is 2.21. The third kappa shape index (κ3) is 3.17. The summed E-state index contributed by atoms with van der Waals surface area (Å²) in [6, 6.07) is 16.9. The van der Waals surface area contributed by atoms with Gasteiger partial charge in [-0.25, -0.2) is 0 Å². The van der Waals surface area contributed by atoms with E-state index in [-0.39, 0.29) is 11.8 Å². The van der Waals surface area contributed by atoms with E-state index in [4.69, 9.17) is 0 Å². The highest BCUT2D eigenvalue weighted by molar-refractivity contribution is 5.95. The number of nitrogens with one attached hydrogen (secondary N) is 1. The molecule has 0 unspecified atom stereocenters. The van der Waals surface area contributed by atoms with Gasteiger partial charge in [0.15, 0.2) is 0 Å². The second-order valence-electron chi connectivity index (χ2n) is 5.37. The summed E-state index contributed by atoms with van der Waals surface area (Å²) in [5.41, 5.74) is 2.55. The molecule has 1 heterocycles. The van der Waals surface area contributed by atoms with Gasteiger partial charge >= 0.3 is 0 Å². The monoisotopic (exact) mass is 294 g/mol. The first-order valence-electron chi connectivity index (χ1n) is 7.46. The number of carbonyl (C=O) groups excluding carboxylic acids is 2. The van der Waals surface area contributed by atoms with Gasteiger partial charge in [-0.1, -0.05) is 30.3 Å². The number of anilines is 1. The fraction of sp³-hybridized carbons (Fsp3) is 0.222. The highest BCUT2D eigenvalue weighted by atomic mass is 16.2. The lowest BCUT2D eigenvalue weighted by Gasteiger charge is -2.16. The fourth-order valence-electron chi connectivity index (χ4n) is 2.63. The Labute approximate surface area is 129 Å². The van der Waals surface area contributed by atoms with Crippen LogP contribution < -0.4 is 10.2 Å². The summed E-state index contributed by atoms with van der Waals surface area (Å²) >= 11 is 0. The molecule has 1 aliphatic heterocycles. The summed E-state index contributed by atoms with van der Waals surface area (Å²) in [7, 11) is 0. The molecule has 0 spiro atoms. The Balaban J connectivity index is 1.66. The van der Waals surface area contributed by atoms with Crippen molar-refractivity contribution in [2.24, 2.45) is 0 Å². The number of benzene rings is 2. The van der Waals surface area contributed by atoms with Crippen LogP contribution >= 0.6 is 0 Å². The number of nitrogens with zero attached hydrogens (tertiary/aromatic N) is 1. The molecule has 0 saturated carbocycles. The van der Waals surface area contributed by atoms with Crippen molar-refractivity contribution >= 4 is 17.5 Å². The minimum absolute atomic E-state index is 0.0942. The molecule has 1 saturated heterocycles. The lowest BCUT2D eigenvalue weighted by Crippen LogP contribution is -2.25. The zero-order chi connectivity index (χ0) is 15.4. The van der Waals surface area contributed by atoms with Crippen molar-refractivity contribution in [3.05, 3.63) is 65.7 Å². The number of amides is 2. The van der Waals surface area contributed by atoms with E-state index in [1.54, 1.807) is 12.1 Å². The van der Waals surface area contributed by atoms with E-state index in [1.165, 1.54) is 0 Å². The molecule has 2 aromatic rings. The second-order valence-corrected chi connectivity index (χ2v) is 5.37. The maximum atomic E-state index is 12.0. The van der Waals surface area contributed by atoms with Crippen LogP contribution in [-0.2, 0) is 11.3 Å². The molecule has 2 amide bonds. The Morgan fingerprint density at radius 3 is 2.64 bits per heavy atom. The van der Waals surface area contributed by atoms with Gasteiger partial charge in [0.05, 0.1) is 0 Å². The predicted molar refractivity (Wildman–Crippen MR) is 85.6 cm³/mol. The number of carbonyl (C=O) groups is 2. The van der Waals surface area contributed by atoms with Gasteiger partial charge in [0.25, 0.3) is 5.91 Å². The van der Waals surface area contributed by atoms with Crippen LogP contribution in [0.4, 0.5) is 5.69 Å². The first-order chi connectivity index (χ1) is 10.7. The maximum absolute atomic E-state index is 12.0. The van der Waals surface area contributed by atoms with E-state index in [9.17, 15) is 9.59 Å². The van der Waals surface area contributed by atoms with Crippen LogP contribution in [0.1, 0.15) is 28.8 Å². The summed E-state index contributed by atoms with van der Waals surface area (Å²) in [6.45, 7) is 1.22. The normalized spacial score (nSPS) is 14.2. The standard InChI is InChI=1S/C18H18N2O2/c21-17-10-5-11-20(17)16-9-4-6-14(12-16)13-19-18(22)15-7-2-1-3-8-15/h1-4,6-9,12H,5,10-11,13H2,(H,19,22). The molecule has 1 fully saturated rings. The van der Waals surface area contributed by atoms with Gasteiger partial charge in [0, 0.05) is 30.8 Å². The zero-order valence-corrected chi connectivity index (χ0v) is 12.3. The van der Waals surface area contributed by atoms with Crippen LogP contribution in [0, 0.1) is 0 Å². The van der Waals surface area contributed by atoms with Crippen LogP contribution in [0.25, 0.3) is 0 Å². The SMILES string of the molecule is O=C(NCc1cccc(N2CCCC2=O)c1)c1ccccc1. The van der Waals surface area contributed by atoms with Crippen molar-refractivity contribution in [1.82, 2.24) is 5.32 Å². The molecule has 0 aliphatic carbocycles. The van der Waals surface area contributed by atoms with E-state index in [0.29, 0.717) is 18.5 Å². The van der Waals surface area contributed by atoms with Gasteiger partial charge in [-0.15, -0.1) is 0 Å². The van der Waals surface area contributed by atoms with Crippen molar-refractivity contribution in [1.29, 1.82) is 0 Å². The summed E-state index contributed by atoms with van der Waals surface area (Å²) in [5.74, 6) is 0.0775. The Bertz CT molecular complexity index is 682. The van der Waals surface area contributed by atoms with E-state index in [1.807, 2.05) is 47.4 Å². The lowest BCUT2D eigenvalue weighted by molar-refractivity contribution is -0.117. The first-order valence-corrected chi connectivity index (χ1v) is 7.46. The van der Waals surface area contributed by atoms with Crippen LogP contribution in [0.2, 0.25) is 0 Å². The summed E-state index contributed by atoms with van der Waals surface area (Å²) in [4.78, 5) is 25.6. The van der Waals surface area contributed by atoms with Gasteiger partial charge < -0.3 is 10.2 Å². The average molecular weight is 294 g/mol. The van der Waals surface area contributed by atoms with Crippen molar-refractivity contribution in [2.75, 3.05) is 11.4 Å². The molecule has 1 aliphatic rings. The quantitative estimate of drug-likeness (QED) is 0.942. The topological polar surface area (TPSA) is 49.4 Å². The molecule has 0 atom stereocenters. The molecule has 1 N–H and O–H groups in total. The summed E-state index contributed by atoms with van der Waals surface area (Å²) in [5, 5.41) is 2.90. The van der Waals surface area contributed by atoms with Crippen molar-refractivity contribution in [3.8, 4) is 0 Å². The molecule has 0 radical (unpaired) electrons. The average Bonchev–Trinajstić information content (AvgIpc) is 3.00. The van der Waals surface area contributed by atoms with Gasteiger partial charge in [0.1, 0.15) is 0 Å². The van der Waals surface area contributed by atoms with E-state index in [2.05, 4.69) is 5.32 Å². The zero-order valence-electron chi connectivity index (χ0n) is 12.3. The van der Waals surface area contributed by atoms with Crippen molar-refractivity contribution in [2.45, 2.75) is 19.4 Å². The second kappa shape index (κ2) is 6.43. The van der Waals surface area contributed by atoms with Crippen molar-refractivity contribution < 1.29 is 9.59 Å². The Morgan fingerprint density at radius 1 is 1.09 bits per heavy atom. The summed E-state index contributed by atoms with van der Waals surface area (Å²) < 4.78 is 0. The van der Waals surface area contributed by atoms with Crippen molar-refractivity contribution in [3.63, 3.8) is 0 Å². The Morgan fingerprint density at radius 2 is 1.91 bits per heavy atom. The van der Waals surface area contributed by atoms with Gasteiger partial charge in [0.2, 0.25) is 5.91 Å². The van der Waals surface area contributed by atoms with Gasteiger partial charge in [-0.2, -0.15) is 0 Å². The predicted octanol–water partition coefficient (Wildman–Crippen LogP) is 2.74. The molecular formula is C18H18N2O2. The highest BCUT2D eigenvalue weighted by Crippen LogP contribution is 2.22. The number of hydrogen-bond donors (Lipinski definition) is 1. The maximum Gasteiger partial charge on any atom is 0.251 e. The van der Waals surface area contributed by atoms with Gasteiger partial charge in [-0.3, -0.25) is 9.59 Å². The van der Waals surface area contributed by atoms with Gasteiger partial charge in [-0.05, 0) is 36.2 Å². The smallest absolute Gasteiger partial charge is 0.251 e. The molecule has 4 heteroatoms. The third-order valence-electron chi connectivity index (χ3n) is 3.78. The van der Waals surface area contributed by atoms with Crippen LogP contribution in [0.5, 0.6) is 0 Å². The molecule has 2 aromatic carbocycles. The minimum Gasteiger partial charge on any atom is -0.348 e. The van der Waals surface area contributed by atoms with Crippen LogP contribution in [0.15, 0.2) is 54.6 Å². The fourth-order valence-corrected chi connectivity index (χ4v) is 2.63. The molecule has 3 rings (SSSR count). The van der Waals surface area contributed by atoms with Crippen LogP contribution in [-0.4, -0.2) is 18.4 Å². The van der Waals surface area contributed by atoms with E-state index < -0.39 is 0 Å². The number of hydrogen-bond acceptors (Lipinski definition) is 2. The minimum atomic E-state index is -0.0942. The third-order valence-corrected chi connectivity index (χ3v) is 3.78. The van der Waals surface area contributed by atoms with Crippen LogP contribution in [0.3, 0.4) is 0 Å². The Hall–Kier alpha value is -2.62. The molecule has 112 valence electrons. The molecule has 4 nitrogen and oxygen atoms in total. The molecule has 0 bridgehead atoms. The number of rotatable bonds is 4. The first kappa shape index (κ1) is 14.3. The van der Waals surface area contributed by atoms with E-state index >= 15 is 0 Å². The Kier molecular flexibility index (Phi) is 4.19. The largest absolute Gasteiger partial charge is 0.348 e. The molecule has 22 heavy (non-hydrogen) atoms. The lowest BCUT2D eigenvalue weighted by atomic mass is 10.1. The van der Waals surface area contributed by atoms with E-state index in [0.717, 1.165) is 24.2 Å². The molecule has 0 aromatic heterocycles.